The smallest absolute Gasteiger partial charge is 0.143 e. The molecule has 0 aliphatic carbocycles. The van der Waals surface area contributed by atoms with Crippen molar-refractivity contribution in [2.45, 2.75) is 6.10 Å². The van der Waals surface area contributed by atoms with Gasteiger partial charge in [0, 0.05) is 11.6 Å². The Balaban J connectivity index is 2.05. The van der Waals surface area contributed by atoms with Crippen molar-refractivity contribution in [3.8, 4) is 5.75 Å². The summed E-state index contributed by atoms with van der Waals surface area (Å²) in [4.78, 5) is 8.67. The molecular formula is C16H14N2O2. The maximum atomic E-state index is 10.5. The van der Waals surface area contributed by atoms with E-state index < -0.39 is 6.10 Å². The number of hydrogen-bond acceptors (Lipinski definition) is 4. The lowest BCUT2D eigenvalue weighted by Crippen LogP contribution is -2.06. The molecule has 0 bridgehead atoms. The summed E-state index contributed by atoms with van der Waals surface area (Å²) in [6.45, 7) is 0. The second-order valence-electron chi connectivity index (χ2n) is 4.42. The van der Waals surface area contributed by atoms with Gasteiger partial charge in [0.05, 0.1) is 18.3 Å². The van der Waals surface area contributed by atoms with E-state index in [2.05, 4.69) is 9.97 Å². The van der Waals surface area contributed by atoms with Gasteiger partial charge in [0.2, 0.25) is 0 Å². The maximum absolute atomic E-state index is 10.5. The van der Waals surface area contributed by atoms with Crippen LogP contribution in [0.2, 0.25) is 0 Å². The molecule has 0 fully saturated rings. The second kappa shape index (κ2) is 5.27. The number of rotatable bonds is 3. The number of aromatic nitrogens is 2. The summed E-state index contributed by atoms with van der Waals surface area (Å²) < 4.78 is 5.23. The average Bonchev–Trinajstić information content (AvgIpc) is 2.53. The number of fused-ring (bicyclic) bond motifs is 1. The Labute approximate surface area is 116 Å². The summed E-state index contributed by atoms with van der Waals surface area (Å²) >= 11 is 0. The fraction of sp³-hybridized carbons (Fsp3) is 0.125. The van der Waals surface area contributed by atoms with E-state index in [4.69, 9.17) is 4.74 Å². The van der Waals surface area contributed by atoms with Gasteiger partial charge in [0.25, 0.3) is 0 Å². The molecule has 0 aliphatic rings. The molecule has 2 aromatic heterocycles. The van der Waals surface area contributed by atoms with Crippen molar-refractivity contribution in [3.05, 3.63) is 66.1 Å². The molecule has 1 aromatic carbocycles. The Bertz CT molecular complexity index is 743. The molecule has 0 radical (unpaired) electrons. The predicted octanol–water partition coefficient (Wildman–Crippen LogP) is 2.72. The molecule has 20 heavy (non-hydrogen) atoms. The highest BCUT2D eigenvalue weighted by Crippen LogP contribution is 2.27. The number of aliphatic hydroxyl groups is 1. The minimum absolute atomic E-state index is 0.470. The van der Waals surface area contributed by atoms with Crippen molar-refractivity contribution in [2.24, 2.45) is 0 Å². The van der Waals surface area contributed by atoms with Crippen molar-refractivity contribution in [2.75, 3.05) is 7.11 Å². The van der Waals surface area contributed by atoms with Gasteiger partial charge >= 0.3 is 0 Å². The zero-order chi connectivity index (χ0) is 13.9. The summed E-state index contributed by atoms with van der Waals surface area (Å²) in [5, 5.41) is 11.5. The molecule has 4 heteroatoms. The Kier molecular flexibility index (Phi) is 3.31. The molecular weight excluding hydrogens is 252 g/mol. The van der Waals surface area contributed by atoms with E-state index in [9.17, 15) is 5.11 Å². The molecule has 3 rings (SSSR count). The fourth-order valence-electron chi connectivity index (χ4n) is 2.15. The highest BCUT2D eigenvalue weighted by Gasteiger charge is 2.18. The summed E-state index contributed by atoms with van der Waals surface area (Å²) in [7, 11) is 1.56. The molecule has 2 heterocycles. The quantitative estimate of drug-likeness (QED) is 0.792. The lowest BCUT2D eigenvalue weighted by atomic mass is 10.1. The Morgan fingerprint density at radius 3 is 2.75 bits per heavy atom. The normalized spacial score (nSPS) is 12.3. The molecule has 1 unspecified atom stereocenters. The van der Waals surface area contributed by atoms with E-state index in [0.717, 1.165) is 10.9 Å². The third-order valence-electron chi connectivity index (χ3n) is 3.18. The summed E-state index contributed by atoms with van der Waals surface area (Å²) in [5.74, 6) is 0.551. The first-order chi connectivity index (χ1) is 9.79. The first-order valence-electron chi connectivity index (χ1n) is 6.32. The van der Waals surface area contributed by atoms with E-state index >= 15 is 0 Å². The van der Waals surface area contributed by atoms with Crippen LogP contribution in [0.4, 0.5) is 0 Å². The number of pyridine rings is 2. The van der Waals surface area contributed by atoms with Crippen LogP contribution < -0.4 is 4.74 Å². The van der Waals surface area contributed by atoms with Crippen LogP contribution in [0.1, 0.15) is 17.5 Å². The molecule has 0 saturated heterocycles. The summed E-state index contributed by atoms with van der Waals surface area (Å²) in [6, 6.07) is 15.1. The van der Waals surface area contributed by atoms with E-state index in [0.29, 0.717) is 17.1 Å². The van der Waals surface area contributed by atoms with Crippen molar-refractivity contribution in [1.29, 1.82) is 0 Å². The zero-order valence-electron chi connectivity index (χ0n) is 11.0. The molecule has 0 aliphatic heterocycles. The summed E-state index contributed by atoms with van der Waals surface area (Å²) in [5.41, 5.74) is 1.87. The highest BCUT2D eigenvalue weighted by molar-refractivity contribution is 5.78. The van der Waals surface area contributed by atoms with Gasteiger partial charge in [-0.05, 0) is 24.3 Å². The zero-order valence-corrected chi connectivity index (χ0v) is 11.0. The van der Waals surface area contributed by atoms with Crippen molar-refractivity contribution in [3.63, 3.8) is 0 Å². The van der Waals surface area contributed by atoms with Gasteiger partial charge in [-0.2, -0.15) is 0 Å². The molecule has 4 nitrogen and oxygen atoms in total. The van der Waals surface area contributed by atoms with E-state index in [1.807, 2.05) is 30.3 Å². The van der Waals surface area contributed by atoms with E-state index in [1.165, 1.54) is 0 Å². The van der Waals surface area contributed by atoms with Crippen molar-refractivity contribution < 1.29 is 9.84 Å². The van der Waals surface area contributed by atoms with Crippen LogP contribution >= 0.6 is 0 Å². The number of ether oxygens (including phenoxy) is 1. The lowest BCUT2D eigenvalue weighted by molar-refractivity contribution is 0.205. The number of methoxy groups -OCH3 is 1. The number of hydrogen-bond donors (Lipinski definition) is 1. The summed E-state index contributed by atoms with van der Waals surface area (Å²) in [6.07, 6.45) is 0.720. The minimum atomic E-state index is -0.907. The largest absolute Gasteiger partial charge is 0.495 e. The topological polar surface area (TPSA) is 55.2 Å². The van der Waals surface area contributed by atoms with Crippen LogP contribution in [-0.4, -0.2) is 22.2 Å². The van der Waals surface area contributed by atoms with Crippen molar-refractivity contribution >= 4 is 10.9 Å². The second-order valence-corrected chi connectivity index (χ2v) is 4.42. The van der Waals surface area contributed by atoms with Gasteiger partial charge < -0.3 is 9.84 Å². The Morgan fingerprint density at radius 2 is 1.90 bits per heavy atom. The predicted molar refractivity (Wildman–Crippen MR) is 76.6 cm³/mol. The van der Waals surface area contributed by atoms with E-state index in [-0.39, 0.29) is 0 Å². The van der Waals surface area contributed by atoms with Gasteiger partial charge in [-0.1, -0.05) is 24.3 Å². The molecule has 1 N–H and O–H groups in total. The Hall–Kier alpha value is -2.46. The average molecular weight is 266 g/mol. The highest BCUT2D eigenvalue weighted by atomic mass is 16.5. The number of para-hydroxylation sites is 1. The standard InChI is InChI=1S/C16H14N2O2/c1-20-14-7-4-10-17-15(14)16(19)13-9-8-11-5-2-3-6-12(11)18-13/h2-10,16,19H,1H3. The molecule has 0 amide bonds. The maximum Gasteiger partial charge on any atom is 0.143 e. The van der Waals surface area contributed by atoms with Gasteiger partial charge in [0.1, 0.15) is 17.5 Å². The molecule has 3 aromatic rings. The molecule has 0 saturated carbocycles. The number of aliphatic hydroxyl groups excluding tert-OH is 1. The Morgan fingerprint density at radius 1 is 1.05 bits per heavy atom. The third kappa shape index (κ3) is 2.21. The van der Waals surface area contributed by atoms with Crippen LogP contribution in [0, 0.1) is 0 Å². The van der Waals surface area contributed by atoms with Gasteiger partial charge in [-0.25, -0.2) is 4.98 Å². The van der Waals surface area contributed by atoms with Gasteiger partial charge in [-0.3, -0.25) is 4.98 Å². The third-order valence-corrected chi connectivity index (χ3v) is 3.18. The van der Waals surface area contributed by atoms with Crippen molar-refractivity contribution in [1.82, 2.24) is 9.97 Å². The fourth-order valence-corrected chi connectivity index (χ4v) is 2.15. The van der Waals surface area contributed by atoms with Crippen LogP contribution in [0.15, 0.2) is 54.7 Å². The monoisotopic (exact) mass is 266 g/mol. The van der Waals surface area contributed by atoms with Crippen LogP contribution in [-0.2, 0) is 0 Å². The molecule has 0 spiro atoms. The lowest BCUT2D eigenvalue weighted by Gasteiger charge is -2.13. The van der Waals surface area contributed by atoms with Crippen LogP contribution in [0.25, 0.3) is 10.9 Å². The first kappa shape index (κ1) is 12.6. The minimum Gasteiger partial charge on any atom is -0.495 e. The van der Waals surface area contributed by atoms with Gasteiger partial charge in [-0.15, -0.1) is 0 Å². The SMILES string of the molecule is COc1cccnc1C(O)c1ccc2ccccc2n1. The molecule has 100 valence electrons. The molecule has 1 atom stereocenters. The van der Waals surface area contributed by atoms with Crippen LogP contribution in [0.5, 0.6) is 5.75 Å². The first-order valence-corrected chi connectivity index (χ1v) is 6.32. The van der Waals surface area contributed by atoms with Crippen LogP contribution in [0.3, 0.4) is 0 Å². The number of nitrogens with zero attached hydrogens (tertiary/aromatic N) is 2. The van der Waals surface area contributed by atoms with E-state index in [1.54, 1.807) is 31.5 Å². The van der Waals surface area contributed by atoms with Gasteiger partial charge in [0.15, 0.2) is 0 Å². The number of benzene rings is 1.